The first kappa shape index (κ1) is 13.0. The Balaban J connectivity index is 2.25. The number of esters is 1. The highest BCUT2D eigenvalue weighted by molar-refractivity contribution is 5.87. The molecule has 0 saturated heterocycles. The van der Waals surface area contributed by atoms with E-state index in [0.29, 0.717) is 12.1 Å². The highest BCUT2D eigenvalue weighted by Gasteiger charge is 2.23. The molecule has 1 heterocycles. The Kier molecular flexibility index (Phi) is 3.39. The van der Waals surface area contributed by atoms with E-state index in [0.717, 1.165) is 18.4 Å². The molecule has 2 rings (SSSR count). The number of aromatic nitrogens is 1. The standard InChI is InChI=1S/C14H19NO3/c1-14(2,3)18-13(17)10-8-7-9-5-4-6-11(16)12(9)15-10/h7-8,11,16H,4-6H2,1-3H3. The van der Waals surface area contributed by atoms with E-state index in [1.165, 1.54) is 0 Å². The first-order chi connectivity index (χ1) is 8.37. The van der Waals surface area contributed by atoms with E-state index in [2.05, 4.69) is 4.98 Å². The maximum atomic E-state index is 11.9. The van der Waals surface area contributed by atoms with Crippen LogP contribution >= 0.6 is 0 Å². The molecule has 1 N–H and O–H groups in total. The molecule has 1 aliphatic rings. The molecule has 4 nitrogen and oxygen atoms in total. The van der Waals surface area contributed by atoms with Crippen LogP contribution in [0.5, 0.6) is 0 Å². The lowest BCUT2D eigenvalue weighted by Crippen LogP contribution is -2.25. The quantitative estimate of drug-likeness (QED) is 0.776. The summed E-state index contributed by atoms with van der Waals surface area (Å²) < 4.78 is 5.27. The van der Waals surface area contributed by atoms with Crippen LogP contribution in [0.3, 0.4) is 0 Å². The van der Waals surface area contributed by atoms with Crippen LogP contribution in [0.25, 0.3) is 0 Å². The van der Waals surface area contributed by atoms with Crippen LogP contribution < -0.4 is 0 Å². The number of carbonyl (C=O) groups excluding carboxylic acids is 1. The normalized spacial score (nSPS) is 19.2. The second-order valence-corrected chi connectivity index (χ2v) is 5.65. The van der Waals surface area contributed by atoms with Crippen molar-refractivity contribution in [1.82, 2.24) is 4.98 Å². The number of ether oxygens (including phenoxy) is 1. The van der Waals surface area contributed by atoms with E-state index in [1.807, 2.05) is 26.8 Å². The molecule has 0 amide bonds. The van der Waals surface area contributed by atoms with Gasteiger partial charge in [0.05, 0.1) is 11.8 Å². The van der Waals surface area contributed by atoms with Gasteiger partial charge in [0.25, 0.3) is 0 Å². The Morgan fingerprint density at radius 3 is 2.83 bits per heavy atom. The molecular weight excluding hydrogens is 230 g/mol. The summed E-state index contributed by atoms with van der Waals surface area (Å²) in [7, 11) is 0. The molecule has 1 atom stereocenters. The lowest BCUT2D eigenvalue weighted by Gasteiger charge is -2.22. The molecule has 1 unspecified atom stereocenters. The molecule has 0 radical (unpaired) electrons. The maximum absolute atomic E-state index is 11.9. The van der Waals surface area contributed by atoms with Gasteiger partial charge in [-0.3, -0.25) is 0 Å². The van der Waals surface area contributed by atoms with Crippen molar-refractivity contribution in [2.24, 2.45) is 0 Å². The minimum absolute atomic E-state index is 0.268. The Hall–Kier alpha value is -1.42. The van der Waals surface area contributed by atoms with Crippen molar-refractivity contribution in [3.63, 3.8) is 0 Å². The van der Waals surface area contributed by atoms with Crippen molar-refractivity contribution in [2.45, 2.75) is 51.7 Å². The summed E-state index contributed by atoms with van der Waals surface area (Å²) in [5, 5.41) is 9.89. The largest absolute Gasteiger partial charge is 0.455 e. The van der Waals surface area contributed by atoms with Gasteiger partial charge < -0.3 is 9.84 Å². The summed E-state index contributed by atoms with van der Waals surface area (Å²) in [6, 6.07) is 3.54. The van der Waals surface area contributed by atoms with E-state index in [4.69, 9.17) is 4.74 Å². The Morgan fingerprint density at radius 2 is 2.17 bits per heavy atom. The van der Waals surface area contributed by atoms with Gasteiger partial charge in [0, 0.05) is 0 Å². The Bertz CT molecular complexity index is 463. The van der Waals surface area contributed by atoms with Crippen molar-refractivity contribution in [3.05, 3.63) is 29.1 Å². The maximum Gasteiger partial charge on any atom is 0.357 e. The molecule has 0 bridgehead atoms. The number of nitrogens with zero attached hydrogens (tertiary/aromatic N) is 1. The average Bonchev–Trinajstić information content (AvgIpc) is 2.27. The minimum Gasteiger partial charge on any atom is -0.455 e. The van der Waals surface area contributed by atoms with Gasteiger partial charge in [-0.15, -0.1) is 0 Å². The number of aliphatic hydroxyl groups is 1. The van der Waals surface area contributed by atoms with Crippen LogP contribution in [0.2, 0.25) is 0 Å². The molecule has 0 spiro atoms. The van der Waals surface area contributed by atoms with Crippen LogP contribution in [0.1, 0.15) is 61.5 Å². The second-order valence-electron chi connectivity index (χ2n) is 5.65. The summed E-state index contributed by atoms with van der Waals surface area (Å²) in [4.78, 5) is 16.1. The number of carbonyl (C=O) groups is 1. The van der Waals surface area contributed by atoms with Gasteiger partial charge >= 0.3 is 5.97 Å². The summed E-state index contributed by atoms with van der Waals surface area (Å²) in [6.45, 7) is 5.45. The first-order valence-electron chi connectivity index (χ1n) is 6.28. The lowest BCUT2D eigenvalue weighted by atomic mass is 9.93. The lowest BCUT2D eigenvalue weighted by molar-refractivity contribution is 0.00618. The summed E-state index contributed by atoms with van der Waals surface area (Å²) >= 11 is 0. The monoisotopic (exact) mass is 249 g/mol. The number of aliphatic hydroxyl groups excluding tert-OH is 1. The van der Waals surface area contributed by atoms with Crippen LogP contribution in [0.4, 0.5) is 0 Å². The topological polar surface area (TPSA) is 59.4 Å². The van der Waals surface area contributed by atoms with Gasteiger partial charge in [0.15, 0.2) is 0 Å². The zero-order valence-electron chi connectivity index (χ0n) is 11.1. The number of hydrogen-bond donors (Lipinski definition) is 1. The molecule has 4 heteroatoms. The Labute approximate surface area is 107 Å². The SMILES string of the molecule is CC(C)(C)OC(=O)c1ccc2c(n1)C(O)CCC2. The van der Waals surface area contributed by atoms with E-state index in [9.17, 15) is 9.90 Å². The van der Waals surface area contributed by atoms with E-state index < -0.39 is 17.7 Å². The molecule has 98 valence electrons. The third-order valence-electron chi connectivity index (χ3n) is 2.86. The van der Waals surface area contributed by atoms with E-state index in [-0.39, 0.29) is 5.69 Å². The number of fused-ring (bicyclic) bond motifs is 1. The number of hydrogen-bond acceptors (Lipinski definition) is 4. The van der Waals surface area contributed by atoms with Crippen molar-refractivity contribution in [2.75, 3.05) is 0 Å². The second kappa shape index (κ2) is 4.69. The minimum atomic E-state index is -0.559. The first-order valence-corrected chi connectivity index (χ1v) is 6.28. The molecule has 18 heavy (non-hydrogen) atoms. The van der Waals surface area contributed by atoms with Gasteiger partial charge in [-0.2, -0.15) is 0 Å². The Morgan fingerprint density at radius 1 is 1.44 bits per heavy atom. The number of rotatable bonds is 1. The van der Waals surface area contributed by atoms with Crippen LogP contribution in [0.15, 0.2) is 12.1 Å². The molecule has 0 fully saturated rings. The van der Waals surface area contributed by atoms with Crippen LogP contribution in [0, 0.1) is 0 Å². The number of aryl methyl sites for hydroxylation is 1. The molecule has 1 aliphatic carbocycles. The zero-order valence-corrected chi connectivity index (χ0v) is 11.1. The fraction of sp³-hybridized carbons (Fsp3) is 0.571. The van der Waals surface area contributed by atoms with Crippen molar-refractivity contribution < 1.29 is 14.6 Å². The molecule has 0 aliphatic heterocycles. The molecule has 0 saturated carbocycles. The zero-order chi connectivity index (χ0) is 13.3. The highest BCUT2D eigenvalue weighted by atomic mass is 16.6. The number of pyridine rings is 1. The molecular formula is C14H19NO3. The fourth-order valence-corrected chi connectivity index (χ4v) is 2.07. The summed E-state index contributed by atoms with van der Waals surface area (Å²) in [5.74, 6) is -0.442. The summed E-state index contributed by atoms with van der Waals surface area (Å²) in [5.41, 5.74) is 1.39. The van der Waals surface area contributed by atoms with Gasteiger partial charge in [0.2, 0.25) is 0 Å². The van der Waals surface area contributed by atoms with E-state index in [1.54, 1.807) is 6.07 Å². The smallest absolute Gasteiger partial charge is 0.357 e. The van der Waals surface area contributed by atoms with Gasteiger partial charge in [-0.05, 0) is 51.7 Å². The highest BCUT2D eigenvalue weighted by Crippen LogP contribution is 2.28. The van der Waals surface area contributed by atoms with Gasteiger partial charge in [-0.1, -0.05) is 6.07 Å². The predicted octanol–water partition coefficient (Wildman–Crippen LogP) is 2.41. The third kappa shape index (κ3) is 2.88. The van der Waals surface area contributed by atoms with Gasteiger partial charge in [-0.25, -0.2) is 9.78 Å². The fourth-order valence-electron chi connectivity index (χ4n) is 2.07. The third-order valence-corrected chi connectivity index (χ3v) is 2.86. The summed E-state index contributed by atoms with van der Waals surface area (Å²) in [6.07, 6.45) is 2.02. The van der Waals surface area contributed by atoms with Gasteiger partial charge in [0.1, 0.15) is 11.3 Å². The average molecular weight is 249 g/mol. The molecule has 1 aromatic rings. The van der Waals surface area contributed by atoms with E-state index >= 15 is 0 Å². The molecule has 1 aromatic heterocycles. The van der Waals surface area contributed by atoms with Crippen molar-refractivity contribution in [1.29, 1.82) is 0 Å². The van der Waals surface area contributed by atoms with Crippen molar-refractivity contribution >= 4 is 5.97 Å². The van der Waals surface area contributed by atoms with Crippen LogP contribution in [-0.2, 0) is 11.2 Å². The van der Waals surface area contributed by atoms with Crippen LogP contribution in [-0.4, -0.2) is 21.7 Å². The predicted molar refractivity (Wildman–Crippen MR) is 67.3 cm³/mol. The van der Waals surface area contributed by atoms with Crippen molar-refractivity contribution in [3.8, 4) is 0 Å². The molecule has 0 aromatic carbocycles.